The summed E-state index contributed by atoms with van der Waals surface area (Å²) < 4.78 is 6.99. The van der Waals surface area contributed by atoms with E-state index >= 15 is 0 Å². The summed E-state index contributed by atoms with van der Waals surface area (Å²) in [6, 6.07) is 18.0. The third-order valence-corrected chi connectivity index (χ3v) is 8.08. The second-order valence-electron chi connectivity index (χ2n) is 10.7. The van der Waals surface area contributed by atoms with Crippen molar-refractivity contribution in [2.45, 2.75) is 58.5 Å². The van der Waals surface area contributed by atoms with Crippen LogP contribution in [0.15, 0.2) is 63.9 Å². The van der Waals surface area contributed by atoms with Gasteiger partial charge in [-0.3, -0.25) is 9.51 Å². The molecule has 206 valence electrons. The van der Waals surface area contributed by atoms with E-state index < -0.39 is 5.76 Å². The highest BCUT2D eigenvalue weighted by Crippen LogP contribution is 2.36. The standard InChI is InChI=1S/C30H32ClN7O2/c1-3-23(20-8-5-4-6-9-20)32-29-35-26-25(38(29)17-19-14-12-18(2)13-15-19)24(21-10-7-11-22(31)16-21)33-27(34-26)28-36-30(39)40-37-28/h4-11,16,18-19,23H,3,12-15,17H2,1-2H3,(H,36,37,39)(H,32,33,34,35)/t18?,19?,23-/m0/s1. The van der Waals surface area contributed by atoms with Crippen LogP contribution in [0.2, 0.25) is 5.02 Å². The third kappa shape index (κ3) is 5.38. The Morgan fingerprint density at radius 2 is 1.88 bits per heavy atom. The van der Waals surface area contributed by atoms with Crippen LogP contribution < -0.4 is 11.1 Å². The van der Waals surface area contributed by atoms with Gasteiger partial charge in [0.1, 0.15) is 11.2 Å². The Balaban J connectivity index is 1.54. The molecule has 1 atom stereocenters. The minimum absolute atomic E-state index is 0.0667. The maximum Gasteiger partial charge on any atom is 0.439 e. The average molecular weight is 558 g/mol. The molecular formula is C30H32ClN7O2. The first-order chi connectivity index (χ1) is 19.5. The highest BCUT2D eigenvalue weighted by Gasteiger charge is 2.26. The van der Waals surface area contributed by atoms with Crippen LogP contribution in [0.5, 0.6) is 0 Å². The van der Waals surface area contributed by atoms with E-state index in [0.29, 0.717) is 22.3 Å². The van der Waals surface area contributed by atoms with E-state index in [1.54, 1.807) is 0 Å². The predicted octanol–water partition coefficient (Wildman–Crippen LogP) is 6.88. The van der Waals surface area contributed by atoms with Gasteiger partial charge in [-0.05, 0) is 48.8 Å². The van der Waals surface area contributed by atoms with E-state index in [9.17, 15) is 4.79 Å². The largest absolute Gasteiger partial charge is 0.439 e. The Morgan fingerprint density at radius 3 is 2.58 bits per heavy atom. The first-order valence-corrected chi connectivity index (χ1v) is 14.3. The zero-order chi connectivity index (χ0) is 27.6. The van der Waals surface area contributed by atoms with Crippen molar-refractivity contribution < 1.29 is 4.52 Å². The maximum absolute atomic E-state index is 11.7. The number of benzene rings is 2. The van der Waals surface area contributed by atoms with Gasteiger partial charge < -0.3 is 9.88 Å². The summed E-state index contributed by atoms with van der Waals surface area (Å²) in [5.74, 6) is 1.73. The number of halogens is 1. The fourth-order valence-electron chi connectivity index (χ4n) is 5.63. The molecule has 1 fully saturated rings. The number of rotatable bonds is 8. The SMILES string of the molecule is CC[C@H](Nc1nc2nc(-c3noc(=O)[nH]3)nc(-c3cccc(Cl)c3)c2n1CC1CCC(C)CC1)c1ccccc1. The Bertz CT molecular complexity index is 1670. The molecule has 6 rings (SSSR count). The molecule has 0 bridgehead atoms. The first kappa shape index (κ1) is 26.3. The lowest BCUT2D eigenvalue weighted by Gasteiger charge is -2.28. The zero-order valence-corrected chi connectivity index (χ0v) is 23.4. The molecule has 2 N–H and O–H groups in total. The summed E-state index contributed by atoms with van der Waals surface area (Å²) in [6.45, 7) is 5.30. The van der Waals surface area contributed by atoms with E-state index in [4.69, 9.17) is 31.1 Å². The molecule has 40 heavy (non-hydrogen) atoms. The van der Waals surface area contributed by atoms with Gasteiger partial charge >= 0.3 is 5.76 Å². The number of hydrogen-bond donors (Lipinski definition) is 2. The maximum atomic E-state index is 11.7. The van der Waals surface area contributed by atoms with Gasteiger partial charge in [0, 0.05) is 17.1 Å². The van der Waals surface area contributed by atoms with Crippen LogP contribution in [-0.2, 0) is 6.54 Å². The van der Waals surface area contributed by atoms with Crippen LogP contribution in [0, 0.1) is 11.8 Å². The smallest absolute Gasteiger partial charge is 0.349 e. The minimum Gasteiger partial charge on any atom is -0.349 e. The molecule has 9 nitrogen and oxygen atoms in total. The van der Waals surface area contributed by atoms with Crippen molar-refractivity contribution in [2.75, 3.05) is 5.32 Å². The predicted molar refractivity (Wildman–Crippen MR) is 156 cm³/mol. The number of hydrogen-bond acceptors (Lipinski definition) is 7. The van der Waals surface area contributed by atoms with Gasteiger partial charge in [-0.1, -0.05) is 85.9 Å². The van der Waals surface area contributed by atoms with Gasteiger partial charge in [-0.25, -0.2) is 14.8 Å². The van der Waals surface area contributed by atoms with E-state index in [1.165, 1.54) is 31.2 Å². The van der Waals surface area contributed by atoms with Gasteiger partial charge in [-0.2, -0.15) is 4.98 Å². The Hall–Kier alpha value is -3.98. The van der Waals surface area contributed by atoms with E-state index in [0.717, 1.165) is 35.9 Å². The van der Waals surface area contributed by atoms with Gasteiger partial charge in [0.05, 0.1) is 6.04 Å². The Kier molecular flexibility index (Phi) is 7.38. The quantitative estimate of drug-likeness (QED) is 0.214. The van der Waals surface area contributed by atoms with Crippen LogP contribution >= 0.6 is 11.6 Å². The van der Waals surface area contributed by atoms with Crippen LogP contribution in [0.1, 0.15) is 57.6 Å². The molecule has 1 aliphatic rings. The fourth-order valence-corrected chi connectivity index (χ4v) is 5.82. The first-order valence-electron chi connectivity index (χ1n) is 13.9. The van der Waals surface area contributed by atoms with Crippen molar-refractivity contribution in [3.8, 4) is 22.9 Å². The highest BCUT2D eigenvalue weighted by molar-refractivity contribution is 6.30. The highest BCUT2D eigenvalue weighted by atomic mass is 35.5. The Labute approximate surface area is 237 Å². The number of aromatic amines is 1. The number of aromatic nitrogens is 6. The number of imidazole rings is 1. The topological polar surface area (TPSA) is 115 Å². The molecule has 0 saturated heterocycles. The average Bonchev–Trinajstić information content (AvgIpc) is 3.56. The van der Waals surface area contributed by atoms with Gasteiger partial charge in [0.25, 0.3) is 0 Å². The molecular weight excluding hydrogens is 526 g/mol. The molecule has 2 aromatic carbocycles. The zero-order valence-electron chi connectivity index (χ0n) is 22.6. The molecule has 5 aromatic rings. The van der Waals surface area contributed by atoms with E-state index in [1.807, 2.05) is 30.3 Å². The normalized spacial score (nSPS) is 18.2. The van der Waals surface area contributed by atoms with Crippen molar-refractivity contribution in [1.29, 1.82) is 0 Å². The number of nitrogens with one attached hydrogen (secondary N) is 2. The molecule has 1 saturated carbocycles. The molecule has 10 heteroatoms. The Morgan fingerprint density at radius 1 is 1.07 bits per heavy atom. The molecule has 0 radical (unpaired) electrons. The number of fused-ring (bicyclic) bond motifs is 1. The molecule has 0 aliphatic heterocycles. The minimum atomic E-state index is -0.670. The molecule has 0 amide bonds. The third-order valence-electron chi connectivity index (χ3n) is 7.84. The number of nitrogens with zero attached hydrogens (tertiary/aromatic N) is 5. The summed E-state index contributed by atoms with van der Waals surface area (Å²) in [5.41, 5.74) is 4.02. The summed E-state index contributed by atoms with van der Waals surface area (Å²) in [4.78, 5) is 29.0. The van der Waals surface area contributed by atoms with E-state index in [-0.39, 0.29) is 17.7 Å². The lowest BCUT2D eigenvalue weighted by molar-refractivity contribution is 0.267. The molecule has 0 spiro atoms. The fraction of sp³-hybridized carbons (Fsp3) is 0.367. The van der Waals surface area contributed by atoms with Crippen LogP contribution in [0.25, 0.3) is 34.1 Å². The van der Waals surface area contributed by atoms with Crippen molar-refractivity contribution in [2.24, 2.45) is 11.8 Å². The van der Waals surface area contributed by atoms with Crippen molar-refractivity contribution in [3.05, 3.63) is 75.7 Å². The molecule has 1 aliphatic carbocycles. The monoisotopic (exact) mass is 557 g/mol. The summed E-state index contributed by atoms with van der Waals surface area (Å²) in [5, 5.41) is 8.15. The second-order valence-corrected chi connectivity index (χ2v) is 11.1. The number of H-pyrrole nitrogens is 1. The van der Waals surface area contributed by atoms with Gasteiger partial charge in [0.2, 0.25) is 17.6 Å². The van der Waals surface area contributed by atoms with Crippen molar-refractivity contribution in [3.63, 3.8) is 0 Å². The van der Waals surface area contributed by atoms with Crippen LogP contribution in [0.4, 0.5) is 5.95 Å². The summed E-state index contributed by atoms with van der Waals surface area (Å²) in [7, 11) is 0. The lowest BCUT2D eigenvalue weighted by Crippen LogP contribution is -2.20. The van der Waals surface area contributed by atoms with Crippen molar-refractivity contribution in [1.82, 2.24) is 29.7 Å². The van der Waals surface area contributed by atoms with Crippen LogP contribution in [-0.4, -0.2) is 29.7 Å². The van der Waals surface area contributed by atoms with E-state index in [2.05, 4.69) is 58.1 Å². The summed E-state index contributed by atoms with van der Waals surface area (Å²) >= 11 is 6.42. The molecule has 3 heterocycles. The van der Waals surface area contributed by atoms with Crippen LogP contribution in [0.3, 0.4) is 0 Å². The molecule has 3 aromatic heterocycles. The van der Waals surface area contributed by atoms with Gasteiger partial charge in [0.15, 0.2) is 5.65 Å². The lowest BCUT2D eigenvalue weighted by atomic mass is 9.83. The second kappa shape index (κ2) is 11.3. The van der Waals surface area contributed by atoms with Crippen molar-refractivity contribution >= 4 is 28.7 Å². The molecule has 0 unspecified atom stereocenters. The summed E-state index contributed by atoms with van der Waals surface area (Å²) in [6.07, 6.45) is 5.67. The number of anilines is 1. The van der Waals surface area contributed by atoms with Gasteiger partial charge in [-0.15, -0.1) is 0 Å².